The molecule has 2 rings (SSSR count). The van der Waals surface area contributed by atoms with Crippen LogP contribution in [0.4, 0.5) is 0 Å². The SMILES string of the molecule is CN1CCCC1C1OCCO1. The second-order valence-corrected chi connectivity index (χ2v) is 3.30. The number of rotatable bonds is 1. The Hall–Kier alpha value is -0.120. The first-order valence-electron chi connectivity index (χ1n) is 4.31. The lowest BCUT2D eigenvalue weighted by molar-refractivity contribution is -0.0855. The van der Waals surface area contributed by atoms with Crippen LogP contribution in [0.5, 0.6) is 0 Å². The lowest BCUT2D eigenvalue weighted by Gasteiger charge is -2.23. The Labute approximate surface area is 67.3 Å². The predicted molar refractivity (Wildman–Crippen MR) is 41.3 cm³/mol. The molecular formula is C8H15NO2. The lowest BCUT2D eigenvalue weighted by Crippen LogP contribution is -2.36. The molecule has 0 bridgehead atoms. The third-order valence-corrected chi connectivity index (χ3v) is 2.54. The Balaban J connectivity index is 1.92. The van der Waals surface area contributed by atoms with Crippen molar-refractivity contribution in [1.82, 2.24) is 4.90 Å². The fourth-order valence-electron chi connectivity index (χ4n) is 1.88. The van der Waals surface area contributed by atoms with Gasteiger partial charge in [-0.3, -0.25) is 4.90 Å². The summed E-state index contributed by atoms with van der Waals surface area (Å²) in [4.78, 5) is 2.33. The van der Waals surface area contributed by atoms with Crippen molar-refractivity contribution in [2.45, 2.75) is 25.2 Å². The van der Waals surface area contributed by atoms with E-state index in [0.717, 1.165) is 13.2 Å². The molecule has 0 aliphatic carbocycles. The maximum atomic E-state index is 5.44. The Bertz CT molecular complexity index is 134. The van der Waals surface area contributed by atoms with Gasteiger partial charge in [0.15, 0.2) is 6.29 Å². The van der Waals surface area contributed by atoms with Gasteiger partial charge in [-0.05, 0) is 26.4 Å². The van der Waals surface area contributed by atoms with Gasteiger partial charge in [0.05, 0.1) is 19.3 Å². The Morgan fingerprint density at radius 3 is 2.55 bits per heavy atom. The van der Waals surface area contributed by atoms with E-state index in [1.807, 2.05) is 0 Å². The molecule has 0 aromatic heterocycles. The molecule has 2 heterocycles. The van der Waals surface area contributed by atoms with Crippen molar-refractivity contribution in [3.63, 3.8) is 0 Å². The fourth-order valence-corrected chi connectivity index (χ4v) is 1.88. The summed E-state index contributed by atoms with van der Waals surface area (Å²) in [5.74, 6) is 0. The summed E-state index contributed by atoms with van der Waals surface area (Å²) in [5.41, 5.74) is 0. The molecular weight excluding hydrogens is 142 g/mol. The van der Waals surface area contributed by atoms with E-state index in [1.165, 1.54) is 19.4 Å². The number of hydrogen-bond acceptors (Lipinski definition) is 3. The molecule has 3 nitrogen and oxygen atoms in total. The molecule has 0 aromatic carbocycles. The molecule has 0 spiro atoms. The molecule has 0 radical (unpaired) electrons. The highest BCUT2D eigenvalue weighted by Gasteiger charge is 2.32. The van der Waals surface area contributed by atoms with E-state index in [1.54, 1.807) is 0 Å². The average Bonchev–Trinajstić information content (AvgIpc) is 2.55. The molecule has 64 valence electrons. The third-order valence-electron chi connectivity index (χ3n) is 2.54. The van der Waals surface area contributed by atoms with Crippen molar-refractivity contribution in [3.05, 3.63) is 0 Å². The van der Waals surface area contributed by atoms with Crippen LogP contribution >= 0.6 is 0 Å². The summed E-state index contributed by atoms with van der Waals surface area (Å²) in [6, 6.07) is 0.512. The molecule has 2 aliphatic rings. The van der Waals surface area contributed by atoms with E-state index in [9.17, 15) is 0 Å². The highest BCUT2D eigenvalue weighted by atomic mass is 16.7. The van der Waals surface area contributed by atoms with Crippen molar-refractivity contribution in [2.75, 3.05) is 26.8 Å². The van der Waals surface area contributed by atoms with E-state index < -0.39 is 0 Å². The molecule has 0 saturated carbocycles. The largest absolute Gasteiger partial charge is 0.349 e. The van der Waals surface area contributed by atoms with Crippen LogP contribution in [0.15, 0.2) is 0 Å². The smallest absolute Gasteiger partial charge is 0.173 e. The van der Waals surface area contributed by atoms with Crippen molar-refractivity contribution in [2.24, 2.45) is 0 Å². The molecule has 1 atom stereocenters. The summed E-state index contributed by atoms with van der Waals surface area (Å²) in [6.07, 6.45) is 2.56. The molecule has 2 aliphatic heterocycles. The Morgan fingerprint density at radius 1 is 1.27 bits per heavy atom. The number of ether oxygens (including phenoxy) is 2. The molecule has 1 unspecified atom stereocenters. The minimum absolute atomic E-state index is 0.0579. The highest BCUT2D eigenvalue weighted by molar-refractivity contribution is 4.80. The van der Waals surface area contributed by atoms with Crippen LogP contribution in [0.25, 0.3) is 0 Å². The number of nitrogens with zero attached hydrogens (tertiary/aromatic N) is 1. The second-order valence-electron chi connectivity index (χ2n) is 3.30. The van der Waals surface area contributed by atoms with E-state index in [-0.39, 0.29) is 6.29 Å². The topological polar surface area (TPSA) is 21.7 Å². The third kappa shape index (κ3) is 1.41. The normalized spacial score (nSPS) is 35.2. The Kier molecular flexibility index (Phi) is 2.11. The molecule has 0 amide bonds. The van der Waals surface area contributed by atoms with Crippen LogP contribution in [0.2, 0.25) is 0 Å². The van der Waals surface area contributed by atoms with Gasteiger partial charge in [-0.25, -0.2) is 0 Å². The average molecular weight is 157 g/mol. The van der Waals surface area contributed by atoms with Crippen LogP contribution in [-0.2, 0) is 9.47 Å². The quantitative estimate of drug-likeness (QED) is 0.551. The van der Waals surface area contributed by atoms with Gasteiger partial charge >= 0.3 is 0 Å². The van der Waals surface area contributed by atoms with Crippen LogP contribution < -0.4 is 0 Å². The molecule has 0 aromatic rings. The number of likely N-dealkylation sites (N-methyl/N-ethyl adjacent to an activating group) is 1. The van der Waals surface area contributed by atoms with Crippen molar-refractivity contribution < 1.29 is 9.47 Å². The van der Waals surface area contributed by atoms with Gasteiger partial charge in [-0.1, -0.05) is 0 Å². The summed E-state index contributed by atoms with van der Waals surface area (Å²) in [7, 11) is 2.14. The number of hydrogen-bond donors (Lipinski definition) is 0. The van der Waals surface area contributed by atoms with Gasteiger partial charge in [0.1, 0.15) is 0 Å². The molecule has 2 fully saturated rings. The van der Waals surface area contributed by atoms with Crippen LogP contribution in [0.3, 0.4) is 0 Å². The second kappa shape index (κ2) is 3.09. The van der Waals surface area contributed by atoms with Crippen molar-refractivity contribution >= 4 is 0 Å². The maximum Gasteiger partial charge on any atom is 0.173 e. The summed E-state index contributed by atoms with van der Waals surface area (Å²) < 4.78 is 10.9. The van der Waals surface area contributed by atoms with E-state index in [0.29, 0.717) is 6.04 Å². The van der Waals surface area contributed by atoms with Gasteiger partial charge in [-0.15, -0.1) is 0 Å². The van der Waals surface area contributed by atoms with E-state index in [2.05, 4.69) is 11.9 Å². The zero-order chi connectivity index (χ0) is 7.68. The zero-order valence-corrected chi connectivity index (χ0v) is 6.95. The zero-order valence-electron chi connectivity index (χ0n) is 6.95. The first-order valence-corrected chi connectivity index (χ1v) is 4.31. The minimum atomic E-state index is 0.0579. The van der Waals surface area contributed by atoms with Gasteiger partial charge in [0.25, 0.3) is 0 Å². The van der Waals surface area contributed by atoms with Gasteiger partial charge < -0.3 is 9.47 Å². The van der Waals surface area contributed by atoms with E-state index >= 15 is 0 Å². The highest BCUT2D eigenvalue weighted by Crippen LogP contribution is 2.22. The standard InChI is InChI=1S/C8H15NO2/c1-9-4-2-3-7(9)8-10-5-6-11-8/h7-8H,2-6H2,1H3. The molecule has 11 heavy (non-hydrogen) atoms. The van der Waals surface area contributed by atoms with Gasteiger partial charge in [-0.2, -0.15) is 0 Å². The van der Waals surface area contributed by atoms with Crippen LogP contribution in [0, 0.1) is 0 Å². The first-order chi connectivity index (χ1) is 5.38. The molecule has 3 heteroatoms. The van der Waals surface area contributed by atoms with Crippen molar-refractivity contribution in [1.29, 1.82) is 0 Å². The van der Waals surface area contributed by atoms with Crippen LogP contribution in [0.1, 0.15) is 12.8 Å². The van der Waals surface area contributed by atoms with Gasteiger partial charge in [0, 0.05) is 0 Å². The fraction of sp³-hybridized carbons (Fsp3) is 1.00. The molecule has 0 N–H and O–H groups in total. The summed E-state index contributed by atoms with van der Waals surface area (Å²) in [6.45, 7) is 2.73. The Morgan fingerprint density at radius 2 is 2.00 bits per heavy atom. The predicted octanol–water partition coefficient (Wildman–Crippen LogP) is 0.453. The van der Waals surface area contributed by atoms with Gasteiger partial charge in [0.2, 0.25) is 0 Å². The van der Waals surface area contributed by atoms with E-state index in [4.69, 9.17) is 9.47 Å². The lowest BCUT2D eigenvalue weighted by atomic mass is 10.2. The minimum Gasteiger partial charge on any atom is -0.349 e. The number of likely N-dealkylation sites (tertiary alicyclic amines) is 1. The maximum absolute atomic E-state index is 5.44. The summed E-state index contributed by atoms with van der Waals surface area (Å²) >= 11 is 0. The molecule has 2 saturated heterocycles. The monoisotopic (exact) mass is 157 g/mol. The summed E-state index contributed by atoms with van der Waals surface area (Å²) in [5, 5.41) is 0. The first kappa shape index (κ1) is 7.53. The van der Waals surface area contributed by atoms with Crippen LogP contribution in [-0.4, -0.2) is 44.0 Å². The van der Waals surface area contributed by atoms with Crippen molar-refractivity contribution in [3.8, 4) is 0 Å².